The van der Waals surface area contributed by atoms with Crippen LogP contribution in [0.25, 0.3) is 0 Å². The summed E-state index contributed by atoms with van der Waals surface area (Å²) in [4.78, 5) is 12.8. The summed E-state index contributed by atoms with van der Waals surface area (Å²) in [6, 6.07) is 0. The molecular formula is C45H82O12S. The third-order valence-electron chi connectivity index (χ3n) is 10.2. The van der Waals surface area contributed by atoms with Crippen LogP contribution >= 0.6 is 0 Å². The third kappa shape index (κ3) is 30.4. The predicted octanol–water partition coefficient (Wildman–Crippen LogP) is 9.41. The Kier molecular flexibility index (Phi) is 34.8. The van der Waals surface area contributed by atoms with Gasteiger partial charge in [0.05, 0.1) is 19.8 Å². The van der Waals surface area contributed by atoms with E-state index in [4.69, 9.17) is 23.5 Å². The molecule has 1 fully saturated rings. The van der Waals surface area contributed by atoms with Crippen molar-refractivity contribution in [2.75, 3.05) is 26.4 Å². The molecule has 1 rings (SSSR count). The zero-order valence-electron chi connectivity index (χ0n) is 36.1. The lowest BCUT2D eigenvalue weighted by Crippen LogP contribution is -2.60. The Balaban J connectivity index is 2.41. The summed E-state index contributed by atoms with van der Waals surface area (Å²) >= 11 is 0. The van der Waals surface area contributed by atoms with Crippen molar-refractivity contribution >= 4 is 16.4 Å². The molecule has 4 N–H and O–H groups in total. The van der Waals surface area contributed by atoms with Crippen molar-refractivity contribution in [3.05, 3.63) is 36.5 Å². The lowest BCUT2D eigenvalue weighted by atomic mass is 9.99. The Morgan fingerprint density at radius 2 is 1.16 bits per heavy atom. The van der Waals surface area contributed by atoms with Crippen LogP contribution < -0.4 is 0 Å². The van der Waals surface area contributed by atoms with Gasteiger partial charge in [-0.25, -0.2) is 4.18 Å². The fourth-order valence-corrected chi connectivity index (χ4v) is 7.25. The third-order valence-corrected chi connectivity index (χ3v) is 10.7. The highest BCUT2D eigenvalue weighted by Gasteiger charge is 2.48. The summed E-state index contributed by atoms with van der Waals surface area (Å²) in [5.74, 6) is -0.407. The maximum Gasteiger partial charge on any atom is 0.397 e. The highest BCUT2D eigenvalue weighted by atomic mass is 32.3. The summed E-state index contributed by atoms with van der Waals surface area (Å²) in [6.45, 7) is 3.91. The van der Waals surface area contributed by atoms with Crippen LogP contribution in [-0.4, -0.2) is 97.5 Å². The minimum atomic E-state index is -5.06. The number of hydrogen-bond donors (Lipinski definition) is 4. The largest absolute Gasteiger partial charge is 0.457 e. The second kappa shape index (κ2) is 37.1. The van der Waals surface area contributed by atoms with Gasteiger partial charge in [-0.3, -0.25) is 9.35 Å². The van der Waals surface area contributed by atoms with Crippen molar-refractivity contribution in [3.63, 3.8) is 0 Å². The van der Waals surface area contributed by atoms with Gasteiger partial charge in [0.15, 0.2) is 6.29 Å². The van der Waals surface area contributed by atoms with E-state index < -0.39 is 59.8 Å². The van der Waals surface area contributed by atoms with E-state index >= 15 is 0 Å². The van der Waals surface area contributed by atoms with Gasteiger partial charge in [-0.05, 0) is 64.2 Å². The van der Waals surface area contributed by atoms with Gasteiger partial charge in [-0.15, -0.1) is 0 Å². The van der Waals surface area contributed by atoms with Crippen LogP contribution in [0.4, 0.5) is 0 Å². The maximum atomic E-state index is 12.8. The molecule has 0 radical (unpaired) electrons. The second-order valence-corrected chi connectivity index (χ2v) is 16.7. The number of esters is 1. The van der Waals surface area contributed by atoms with E-state index in [0.29, 0.717) is 13.0 Å². The van der Waals surface area contributed by atoms with E-state index in [9.17, 15) is 28.5 Å². The van der Waals surface area contributed by atoms with Gasteiger partial charge in [-0.1, -0.05) is 147 Å². The van der Waals surface area contributed by atoms with Crippen LogP contribution in [0, 0.1) is 0 Å². The molecule has 1 aliphatic heterocycles. The molecule has 13 heteroatoms. The van der Waals surface area contributed by atoms with Crippen LogP contribution in [0.1, 0.15) is 181 Å². The summed E-state index contributed by atoms with van der Waals surface area (Å²) in [7, 11) is -5.06. The van der Waals surface area contributed by atoms with Crippen LogP contribution in [0.5, 0.6) is 0 Å². The van der Waals surface area contributed by atoms with E-state index in [-0.39, 0.29) is 19.6 Å². The average molecular weight is 847 g/mol. The molecule has 6 atom stereocenters. The Hall–Kier alpha value is -1.68. The molecule has 6 unspecified atom stereocenters. The summed E-state index contributed by atoms with van der Waals surface area (Å²) in [6.07, 6.45) is 33.2. The van der Waals surface area contributed by atoms with Gasteiger partial charge < -0.3 is 34.3 Å². The molecule has 0 saturated carbocycles. The molecule has 58 heavy (non-hydrogen) atoms. The molecule has 0 spiro atoms. The van der Waals surface area contributed by atoms with E-state index in [0.717, 1.165) is 64.2 Å². The quantitative estimate of drug-likeness (QED) is 0.0200. The van der Waals surface area contributed by atoms with Crippen LogP contribution in [0.3, 0.4) is 0 Å². The molecular weight excluding hydrogens is 765 g/mol. The highest BCUT2D eigenvalue weighted by molar-refractivity contribution is 7.80. The summed E-state index contributed by atoms with van der Waals surface area (Å²) < 4.78 is 59.0. The zero-order chi connectivity index (χ0) is 42.5. The highest BCUT2D eigenvalue weighted by Crippen LogP contribution is 2.26. The number of aliphatic hydroxyl groups is 3. The number of carbonyl (C=O) groups excluding carboxylic acids is 1. The lowest BCUT2D eigenvalue weighted by molar-refractivity contribution is -0.301. The molecule has 12 nitrogen and oxygen atoms in total. The van der Waals surface area contributed by atoms with Crippen molar-refractivity contribution in [2.45, 2.75) is 218 Å². The first-order valence-corrected chi connectivity index (χ1v) is 24.1. The smallest absolute Gasteiger partial charge is 0.397 e. The molecule has 1 saturated heterocycles. The van der Waals surface area contributed by atoms with Gasteiger partial charge in [0.1, 0.15) is 30.5 Å². The Labute approximate surface area is 352 Å². The minimum absolute atomic E-state index is 0.0305. The maximum absolute atomic E-state index is 12.8. The van der Waals surface area contributed by atoms with Gasteiger partial charge in [0.2, 0.25) is 0 Å². The van der Waals surface area contributed by atoms with Gasteiger partial charge >= 0.3 is 16.4 Å². The number of unbranched alkanes of at least 4 members (excludes halogenated alkanes) is 20. The molecule has 1 heterocycles. The lowest BCUT2D eigenvalue weighted by Gasteiger charge is -2.41. The van der Waals surface area contributed by atoms with Crippen LogP contribution in [0.2, 0.25) is 0 Å². The number of hydrogen-bond acceptors (Lipinski definition) is 11. The van der Waals surface area contributed by atoms with Gasteiger partial charge in [0.25, 0.3) is 0 Å². The monoisotopic (exact) mass is 847 g/mol. The van der Waals surface area contributed by atoms with Crippen LogP contribution in [-0.2, 0) is 38.3 Å². The Morgan fingerprint density at radius 1 is 0.655 bits per heavy atom. The number of rotatable bonds is 39. The van der Waals surface area contributed by atoms with E-state index in [1.54, 1.807) is 0 Å². The van der Waals surface area contributed by atoms with Crippen molar-refractivity contribution in [3.8, 4) is 0 Å². The topological polar surface area (TPSA) is 178 Å². The fraction of sp³-hybridized carbons (Fsp3) is 0.844. The standard InChI is InChI=1S/C45H82O12S/c1-3-5-7-9-11-13-15-17-18-19-20-21-22-23-24-26-28-30-32-34-41(47)55-39(37-53-35-33-31-29-27-25-16-14-12-10-8-6-4-2)38-54-45-43(49)44(57-58(50,51)52)42(48)40(36-46)56-45/h10-13,17-18,39-40,42-46,48-49H,3-9,14-16,19-38H2,1-2H3,(H,50,51,52)/b12-10-,13-11-,18-17-. The molecule has 0 bridgehead atoms. The van der Waals surface area contributed by atoms with Crippen molar-refractivity contribution < 1.29 is 56.2 Å². The molecule has 0 aliphatic carbocycles. The van der Waals surface area contributed by atoms with Gasteiger partial charge in [0, 0.05) is 13.0 Å². The number of ether oxygens (including phenoxy) is 4. The fourth-order valence-electron chi connectivity index (χ4n) is 6.74. The van der Waals surface area contributed by atoms with Crippen molar-refractivity contribution in [2.24, 2.45) is 0 Å². The molecule has 340 valence electrons. The van der Waals surface area contributed by atoms with Gasteiger partial charge in [-0.2, -0.15) is 8.42 Å². The first-order chi connectivity index (χ1) is 28.1. The number of aliphatic hydroxyl groups excluding tert-OH is 3. The molecule has 1 aliphatic rings. The Bertz CT molecular complexity index is 1160. The normalized spacial score (nSPS) is 20.8. The molecule has 0 amide bonds. The number of allylic oxidation sites excluding steroid dienone is 6. The SMILES string of the molecule is CCCC/C=C\CCCCCCCCOCC(COC1OC(CO)C(O)C(OS(=O)(=O)O)C1O)OC(=O)CCCCCCCCCCC/C=C\C/C=C\CCCCC. The van der Waals surface area contributed by atoms with Crippen LogP contribution in [0.15, 0.2) is 36.5 Å². The first kappa shape index (κ1) is 54.3. The van der Waals surface area contributed by atoms with E-state index in [1.807, 2.05) is 0 Å². The zero-order valence-corrected chi connectivity index (χ0v) is 36.9. The van der Waals surface area contributed by atoms with Crippen molar-refractivity contribution in [1.82, 2.24) is 0 Å². The van der Waals surface area contributed by atoms with E-state index in [1.165, 1.54) is 89.9 Å². The second-order valence-electron chi connectivity index (χ2n) is 15.6. The number of carbonyl (C=O) groups is 1. The predicted molar refractivity (Wildman–Crippen MR) is 230 cm³/mol. The molecule has 0 aromatic heterocycles. The minimum Gasteiger partial charge on any atom is -0.457 e. The van der Waals surface area contributed by atoms with Crippen molar-refractivity contribution in [1.29, 1.82) is 0 Å². The van der Waals surface area contributed by atoms with E-state index in [2.05, 4.69) is 54.5 Å². The summed E-state index contributed by atoms with van der Waals surface area (Å²) in [5.41, 5.74) is 0. The Morgan fingerprint density at radius 3 is 1.71 bits per heavy atom. The molecule has 0 aromatic rings. The first-order valence-electron chi connectivity index (χ1n) is 22.7. The average Bonchev–Trinajstić information content (AvgIpc) is 3.19. The summed E-state index contributed by atoms with van der Waals surface area (Å²) in [5, 5.41) is 30.6. The molecule has 0 aromatic carbocycles.